The Morgan fingerprint density at radius 1 is 1.21 bits per heavy atom. The topological polar surface area (TPSA) is 133 Å². The maximum absolute atomic E-state index is 12.4. The summed E-state index contributed by atoms with van der Waals surface area (Å²) < 4.78 is 5.14. The van der Waals surface area contributed by atoms with Gasteiger partial charge in [-0.25, -0.2) is 0 Å². The first kappa shape index (κ1) is 21.9. The molecule has 0 radical (unpaired) electrons. The Labute approximate surface area is 171 Å². The van der Waals surface area contributed by atoms with Crippen molar-refractivity contribution in [3.63, 3.8) is 0 Å². The minimum Gasteiger partial charge on any atom is -0.452 e. The van der Waals surface area contributed by atoms with E-state index < -0.39 is 28.8 Å². The average molecular weight is 417 g/mol. The Hall–Kier alpha value is -3.40. The highest BCUT2D eigenvalue weighted by Gasteiger charge is 2.23. The van der Waals surface area contributed by atoms with Crippen LogP contribution in [0.15, 0.2) is 53.4 Å². The van der Waals surface area contributed by atoms with Crippen LogP contribution in [0.3, 0.4) is 0 Å². The van der Waals surface area contributed by atoms with Crippen LogP contribution in [0, 0.1) is 10.1 Å². The highest BCUT2D eigenvalue weighted by atomic mass is 32.2. The third-order valence-electron chi connectivity index (χ3n) is 3.92. The molecular formula is C19H19N3O6S. The third-order valence-corrected chi connectivity index (χ3v) is 4.95. The van der Waals surface area contributed by atoms with Gasteiger partial charge in [-0.1, -0.05) is 18.2 Å². The summed E-state index contributed by atoms with van der Waals surface area (Å²) in [6.45, 7) is 1.45. The zero-order chi connectivity index (χ0) is 21.6. The van der Waals surface area contributed by atoms with Crippen LogP contribution in [0.25, 0.3) is 0 Å². The minimum atomic E-state index is -1.03. The molecule has 2 amide bonds. The largest absolute Gasteiger partial charge is 0.452 e. The van der Waals surface area contributed by atoms with Gasteiger partial charge in [0.25, 0.3) is 11.6 Å². The second-order valence-corrected chi connectivity index (χ2v) is 6.97. The summed E-state index contributed by atoms with van der Waals surface area (Å²) in [6.07, 6.45) is -1.03. The molecule has 2 aromatic rings. The number of anilines is 1. The predicted molar refractivity (Wildman–Crippen MR) is 108 cm³/mol. The van der Waals surface area contributed by atoms with Crippen molar-refractivity contribution < 1.29 is 24.0 Å². The lowest BCUT2D eigenvalue weighted by atomic mass is 10.2. The van der Waals surface area contributed by atoms with E-state index in [0.717, 1.165) is 17.8 Å². The van der Waals surface area contributed by atoms with Crippen LogP contribution in [0.2, 0.25) is 0 Å². The number of nitrogens with zero attached hydrogens (tertiary/aromatic N) is 2. The molecule has 0 fully saturated rings. The number of nitro benzene ring substituents is 1. The van der Waals surface area contributed by atoms with Gasteiger partial charge in [-0.05, 0) is 31.2 Å². The molecule has 0 aliphatic carbocycles. The Kier molecular flexibility index (Phi) is 7.32. The Bertz CT molecular complexity index is 935. The quantitative estimate of drug-likeness (QED) is 0.302. The van der Waals surface area contributed by atoms with Crippen LogP contribution in [-0.2, 0) is 14.3 Å². The number of hydrogen-bond donors (Lipinski definition) is 1. The number of hydrogen-bond acceptors (Lipinski definition) is 7. The first-order chi connectivity index (χ1) is 13.7. The van der Waals surface area contributed by atoms with Gasteiger partial charge in [0, 0.05) is 24.4 Å². The number of likely N-dealkylation sites (N-methyl/N-ethyl adjacent to an activating group) is 1. The fourth-order valence-corrected chi connectivity index (χ4v) is 3.19. The molecule has 0 saturated heterocycles. The second kappa shape index (κ2) is 9.69. The van der Waals surface area contributed by atoms with Crippen LogP contribution in [-0.4, -0.2) is 41.6 Å². The Morgan fingerprint density at radius 2 is 1.86 bits per heavy atom. The minimum absolute atomic E-state index is 0.00760. The highest BCUT2D eigenvalue weighted by Crippen LogP contribution is 2.30. The van der Waals surface area contributed by atoms with E-state index in [1.165, 1.54) is 24.0 Å². The number of rotatable bonds is 8. The molecule has 0 unspecified atom stereocenters. The van der Waals surface area contributed by atoms with Crippen LogP contribution in [0.4, 0.5) is 11.4 Å². The van der Waals surface area contributed by atoms with Gasteiger partial charge in [0.05, 0.1) is 15.6 Å². The fourth-order valence-electron chi connectivity index (χ4n) is 2.41. The predicted octanol–water partition coefficient (Wildman–Crippen LogP) is 2.38. The summed E-state index contributed by atoms with van der Waals surface area (Å²) in [4.78, 5) is 47.8. The molecule has 29 heavy (non-hydrogen) atoms. The van der Waals surface area contributed by atoms with Crippen molar-refractivity contribution in [1.29, 1.82) is 0 Å². The molecule has 9 nitrogen and oxygen atoms in total. The van der Waals surface area contributed by atoms with E-state index in [9.17, 15) is 24.5 Å². The second-order valence-electron chi connectivity index (χ2n) is 5.96. The lowest BCUT2D eigenvalue weighted by Crippen LogP contribution is -2.37. The number of nitrogens with two attached hydrogens (primary N) is 1. The Morgan fingerprint density at radius 3 is 2.45 bits per heavy atom. The number of primary amides is 1. The molecule has 1 atom stereocenters. The first-order valence-electron chi connectivity index (χ1n) is 8.44. The smallest absolute Gasteiger partial charge is 0.317 e. The first-order valence-corrected chi connectivity index (χ1v) is 9.42. The van der Waals surface area contributed by atoms with Gasteiger partial charge >= 0.3 is 5.97 Å². The maximum atomic E-state index is 12.4. The number of carbonyl (C=O) groups is 3. The summed E-state index contributed by atoms with van der Waals surface area (Å²) in [5.74, 6) is -2.15. The molecule has 0 aromatic heterocycles. The molecule has 2 N–H and O–H groups in total. The molecule has 0 heterocycles. The van der Waals surface area contributed by atoms with E-state index in [0.29, 0.717) is 5.69 Å². The van der Waals surface area contributed by atoms with Crippen molar-refractivity contribution in [3.05, 3.63) is 64.2 Å². The number of nitro groups is 1. The van der Waals surface area contributed by atoms with Gasteiger partial charge in [-0.15, -0.1) is 11.8 Å². The van der Waals surface area contributed by atoms with Crippen molar-refractivity contribution in [3.8, 4) is 0 Å². The van der Waals surface area contributed by atoms with Crippen molar-refractivity contribution >= 4 is 40.9 Å². The fraction of sp³-hybridized carbons (Fsp3) is 0.211. The molecule has 0 aliphatic rings. The summed E-state index contributed by atoms with van der Waals surface area (Å²) in [5.41, 5.74) is 5.43. The lowest BCUT2D eigenvalue weighted by Gasteiger charge is -2.21. The van der Waals surface area contributed by atoms with Crippen molar-refractivity contribution in [2.75, 3.05) is 17.7 Å². The van der Waals surface area contributed by atoms with Crippen LogP contribution < -0.4 is 10.6 Å². The lowest BCUT2D eigenvalue weighted by molar-refractivity contribution is -0.387. The van der Waals surface area contributed by atoms with E-state index in [-0.39, 0.29) is 21.9 Å². The molecule has 0 spiro atoms. The van der Waals surface area contributed by atoms with E-state index in [4.69, 9.17) is 10.5 Å². The van der Waals surface area contributed by atoms with Gasteiger partial charge in [0.1, 0.15) is 0 Å². The Balaban J connectivity index is 1.98. The zero-order valence-electron chi connectivity index (χ0n) is 15.7. The van der Waals surface area contributed by atoms with Crippen molar-refractivity contribution in [1.82, 2.24) is 0 Å². The van der Waals surface area contributed by atoms with Crippen molar-refractivity contribution in [2.24, 2.45) is 5.73 Å². The number of ether oxygens (including phenoxy) is 1. The number of esters is 1. The average Bonchev–Trinajstić information content (AvgIpc) is 2.71. The van der Waals surface area contributed by atoms with Crippen molar-refractivity contribution in [2.45, 2.75) is 17.9 Å². The summed E-state index contributed by atoms with van der Waals surface area (Å²) in [7, 11) is 1.57. The highest BCUT2D eigenvalue weighted by molar-refractivity contribution is 8.00. The number of para-hydroxylation sites is 1. The molecule has 0 saturated carbocycles. The number of amides is 2. The van der Waals surface area contributed by atoms with Gasteiger partial charge < -0.3 is 15.4 Å². The monoisotopic (exact) mass is 417 g/mol. The maximum Gasteiger partial charge on any atom is 0.317 e. The molecular weight excluding hydrogens is 398 g/mol. The summed E-state index contributed by atoms with van der Waals surface area (Å²) in [5, 5.41) is 11.2. The number of thioether (sulfide) groups is 1. The van der Waals surface area contributed by atoms with Crippen LogP contribution in [0.1, 0.15) is 17.3 Å². The molecule has 0 aliphatic heterocycles. The molecule has 2 aromatic carbocycles. The van der Waals surface area contributed by atoms with E-state index in [2.05, 4.69) is 0 Å². The number of carbonyl (C=O) groups excluding carboxylic acids is 3. The molecule has 10 heteroatoms. The van der Waals surface area contributed by atoms with E-state index >= 15 is 0 Å². The molecule has 2 rings (SSSR count). The standard InChI is InChI=1S/C19H19N3O6S/c1-12(19(25)21(2)14-6-4-3-5-7-14)28-17(23)11-29-16-9-8-13(18(20)24)10-15(16)22(26)27/h3-10,12H,11H2,1-2H3,(H2,20,24)/t12-/m0/s1. The van der Waals surface area contributed by atoms with Gasteiger partial charge in [0.15, 0.2) is 6.10 Å². The summed E-state index contributed by atoms with van der Waals surface area (Å²) in [6, 6.07) is 12.6. The summed E-state index contributed by atoms with van der Waals surface area (Å²) >= 11 is 0.869. The number of benzene rings is 2. The SMILES string of the molecule is C[C@H](OC(=O)CSc1ccc(C(N)=O)cc1[N+](=O)[O-])C(=O)N(C)c1ccccc1. The van der Waals surface area contributed by atoms with Gasteiger partial charge in [-0.2, -0.15) is 0 Å². The van der Waals surface area contributed by atoms with Crippen LogP contribution >= 0.6 is 11.8 Å². The molecule has 152 valence electrons. The van der Waals surface area contributed by atoms with Gasteiger partial charge in [-0.3, -0.25) is 24.5 Å². The normalized spacial score (nSPS) is 11.4. The van der Waals surface area contributed by atoms with E-state index in [1.807, 2.05) is 6.07 Å². The van der Waals surface area contributed by atoms with Gasteiger partial charge in [0.2, 0.25) is 5.91 Å². The zero-order valence-corrected chi connectivity index (χ0v) is 16.5. The third kappa shape index (κ3) is 5.79. The van der Waals surface area contributed by atoms with Crippen LogP contribution in [0.5, 0.6) is 0 Å². The molecule has 0 bridgehead atoms. The van der Waals surface area contributed by atoms with E-state index in [1.54, 1.807) is 31.3 Å².